The van der Waals surface area contributed by atoms with Crippen molar-refractivity contribution in [2.75, 3.05) is 19.7 Å². The first-order valence-electron chi connectivity index (χ1n) is 5.54. The molecule has 0 heterocycles. The molecule has 0 unspecified atom stereocenters. The highest BCUT2D eigenvalue weighted by atomic mass is 35.5. The lowest BCUT2D eigenvalue weighted by Crippen LogP contribution is -2.23. The van der Waals surface area contributed by atoms with Gasteiger partial charge in [0.25, 0.3) is 0 Å². The second-order valence-electron chi connectivity index (χ2n) is 4.07. The molecule has 16 heavy (non-hydrogen) atoms. The van der Waals surface area contributed by atoms with Crippen molar-refractivity contribution in [3.05, 3.63) is 29.0 Å². The Morgan fingerprint density at radius 3 is 2.94 bits per heavy atom. The van der Waals surface area contributed by atoms with Gasteiger partial charge in [-0.2, -0.15) is 0 Å². The van der Waals surface area contributed by atoms with Crippen LogP contribution in [0.25, 0.3) is 0 Å². The summed E-state index contributed by atoms with van der Waals surface area (Å²) < 4.78 is 18.3. The molecule has 0 amide bonds. The van der Waals surface area contributed by atoms with Crippen molar-refractivity contribution >= 4 is 11.6 Å². The third-order valence-electron chi connectivity index (χ3n) is 2.57. The van der Waals surface area contributed by atoms with Gasteiger partial charge in [-0.25, -0.2) is 4.39 Å². The summed E-state index contributed by atoms with van der Waals surface area (Å²) in [4.78, 5) is 0. The van der Waals surface area contributed by atoms with Crippen LogP contribution in [0.3, 0.4) is 0 Å². The Bertz CT molecular complexity index is 355. The molecule has 1 aromatic rings. The zero-order valence-electron chi connectivity index (χ0n) is 9.01. The lowest BCUT2D eigenvalue weighted by atomic mass is 10.3. The maximum absolute atomic E-state index is 12.8. The van der Waals surface area contributed by atoms with Gasteiger partial charge in [-0.15, -0.1) is 0 Å². The molecule has 0 saturated heterocycles. The highest BCUT2D eigenvalue weighted by Gasteiger charge is 2.19. The van der Waals surface area contributed by atoms with Gasteiger partial charge < -0.3 is 10.1 Å². The standard InChI is InChI=1S/C12H15ClFNO/c13-11-7-10(3-4-12(11)14)16-6-5-15-8-9-1-2-9/h3-4,7,9,15H,1-2,5-6,8H2. The first-order valence-corrected chi connectivity index (χ1v) is 5.92. The first-order chi connectivity index (χ1) is 7.75. The lowest BCUT2D eigenvalue weighted by Gasteiger charge is -2.07. The molecule has 2 rings (SSSR count). The summed E-state index contributed by atoms with van der Waals surface area (Å²) in [5, 5.41) is 3.41. The number of nitrogens with one attached hydrogen (secondary N) is 1. The monoisotopic (exact) mass is 243 g/mol. The largest absolute Gasteiger partial charge is 0.492 e. The van der Waals surface area contributed by atoms with E-state index in [2.05, 4.69) is 5.32 Å². The van der Waals surface area contributed by atoms with E-state index in [0.29, 0.717) is 12.4 Å². The van der Waals surface area contributed by atoms with Gasteiger partial charge in [-0.05, 0) is 37.4 Å². The minimum Gasteiger partial charge on any atom is -0.492 e. The van der Waals surface area contributed by atoms with E-state index < -0.39 is 5.82 Å². The third kappa shape index (κ3) is 3.65. The molecule has 1 aliphatic rings. The fourth-order valence-corrected chi connectivity index (χ4v) is 1.61. The van der Waals surface area contributed by atoms with Crippen LogP contribution in [0.5, 0.6) is 5.75 Å². The minimum absolute atomic E-state index is 0.100. The van der Waals surface area contributed by atoms with Crippen molar-refractivity contribution < 1.29 is 9.13 Å². The van der Waals surface area contributed by atoms with E-state index in [1.807, 2.05) is 0 Å². The zero-order valence-corrected chi connectivity index (χ0v) is 9.77. The van der Waals surface area contributed by atoms with E-state index in [-0.39, 0.29) is 5.02 Å². The summed E-state index contributed by atoms with van der Waals surface area (Å²) in [6.45, 7) is 2.47. The quantitative estimate of drug-likeness (QED) is 0.776. The molecule has 1 N–H and O–H groups in total. The summed E-state index contributed by atoms with van der Waals surface area (Å²) in [5.41, 5.74) is 0. The number of hydrogen-bond donors (Lipinski definition) is 1. The van der Waals surface area contributed by atoms with E-state index in [1.54, 1.807) is 6.07 Å². The fourth-order valence-electron chi connectivity index (χ4n) is 1.44. The average Bonchev–Trinajstić information content (AvgIpc) is 3.07. The Hall–Kier alpha value is -0.800. The number of rotatable bonds is 6. The normalized spacial score (nSPS) is 15.1. The maximum atomic E-state index is 12.8. The van der Waals surface area contributed by atoms with Crippen molar-refractivity contribution in [2.24, 2.45) is 5.92 Å². The average molecular weight is 244 g/mol. The number of halogens is 2. The van der Waals surface area contributed by atoms with Crippen molar-refractivity contribution in [1.82, 2.24) is 5.32 Å². The molecule has 1 fully saturated rings. The summed E-state index contributed by atoms with van der Waals surface area (Å²) in [5.74, 6) is 1.07. The highest BCUT2D eigenvalue weighted by Crippen LogP contribution is 2.27. The van der Waals surface area contributed by atoms with E-state index >= 15 is 0 Å². The van der Waals surface area contributed by atoms with Gasteiger partial charge in [-0.1, -0.05) is 11.6 Å². The van der Waals surface area contributed by atoms with Gasteiger partial charge in [0.15, 0.2) is 0 Å². The van der Waals surface area contributed by atoms with Gasteiger partial charge in [0.05, 0.1) is 5.02 Å². The molecule has 4 heteroatoms. The van der Waals surface area contributed by atoms with Crippen LogP contribution in [-0.4, -0.2) is 19.7 Å². The van der Waals surface area contributed by atoms with Crippen LogP contribution < -0.4 is 10.1 Å². The van der Waals surface area contributed by atoms with E-state index in [1.165, 1.54) is 25.0 Å². The van der Waals surface area contributed by atoms with E-state index in [4.69, 9.17) is 16.3 Å². The molecule has 0 atom stereocenters. The van der Waals surface area contributed by atoms with Crippen LogP contribution in [-0.2, 0) is 0 Å². The van der Waals surface area contributed by atoms with Gasteiger partial charge in [0, 0.05) is 12.6 Å². The molecule has 2 nitrogen and oxygen atoms in total. The molecule has 0 aromatic heterocycles. The smallest absolute Gasteiger partial charge is 0.142 e. The van der Waals surface area contributed by atoms with Gasteiger partial charge in [0.1, 0.15) is 18.2 Å². The summed E-state index contributed by atoms with van der Waals surface area (Å²) in [6.07, 6.45) is 2.70. The van der Waals surface area contributed by atoms with Crippen LogP contribution in [0.1, 0.15) is 12.8 Å². The number of benzene rings is 1. The second kappa shape index (κ2) is 5.51. The molecule has 1 aromatic carbocycles. The van der Waals surface area contributed by atoms with Crippen LogP contribution in [0.2, 0.25) is 5.02 Å². The summed E-state index contributed by atoms with van der Waals surface area (Å²) in [6, 6.07) is 4.40. The Balaban J connectivity index is 1.65. The van der Waals surface area contributed by atoms with Crippen molar-refractivity contribution in [2.45, 2.75) is 12.8 Å². The summed E-state index contributed by atoms with van der Waals surface area (Å²) >= 11 is 5.63. The van der Waals surface area contributed by atoms with Crippen LogP contribution in [0, 0.1) is 11.7 Å². The molecule has 0 aliphatic heterocycles. The molecular formula is C12H15ClFNO. The minimum atomic E-state index is -0.416. The third-order valence-corrected chi connectivity index (χ3v) is 2.86. The Labute approximate surface area is 99.7 Å². The molecule has 0 radical (unpaired) electrons. The second-order valence-corrected chi connectivity index (χ2v) is 4.48. The van der Waals surface area contributed by atoms with Gasteiger partial charge in [0.2, 0.25) is 0 Å². The number of hydrogen-bond acceptors (Lipinski definition) is 2. The molecule has 1 saturated carbocycles. The van der Waals surface area contributed by atoms with Crippen molar-refractivity contribution in [3.8, 4) is 5.75 Å². The van der Waals surface area contributed by atoms with Crippen LogP contribution in [0.4, 0.5) is 4.39 Å². The lowest BCUT2D eigenvalue weighted by molar-refractivity contribution is 0.313. The van der Waals surface area contributed by atoms with Crippen LogP contribution in [0.15, 0.2) is 18.2 Å². The molecule has 1 aliphatic carbocycles. The predicted octanol–water partition coefficient (Wildman–Crippen LogP) is 2.86. The summed E-state index contributed by atoms with van der Waals surface area (Å²) in [7, 11) is 0. The van der Waals surface area contributed by atoms with Crippen LogP contribution >= 0.6 is 11.6 Å². The van der Waals surface area contributed by atoms with Crippen molar-refractivity contribution in [3.63, 3.8) is 0 Å². The molecule has 0 spiro atoms. The highest BCUT2D eigenvalue weighted by molar-refractivity contribution is 6.30. The van der Waals surface area contributed by atoms with E-state index in [0.717, 1.165) is 19.0 Å². The molecule has 0 bridgehead atoms. The predicted molar refractivity (Wildman–Crippen MR) is 62.5 cm³/mol. The first kappa shape index (κ1) is 11.7. The topological polar surface area (TPSA) is 21.3 Å². The molecular weight excluding hydrogens is 229 g/mol. The zero-order chi connectivity index (χ0) is 11.4. The Morgan fingerprint density at radius 2 is 2.25 bits per heavy atom. The van der Waals surface area contributed by atoms with Crippen molar-refractivity contribution in [1.29, 1.82) is 0 Å². The van der Waals surface area contributed by atoms with E-state index in [9.17, 15) is 4.39 Å². The Kier molecular flexibility index (Phi) is 4.02. The maximum Gasteiger partial charge on any atom is 0.142 e. The SMILES string of the molecule is Fc1ccc(OCCNCC2CC2)cc1Cl. The molecule has 88 valence electrons. The fraction of sp³-hybridized carbons (Fsp3) is 0.500. The number of ether oxygens (including phenoxy) is 1. The van der Waals surface area contributed by atoms with Gasteiger partial charge in [-0.3, -0.25) is 0 Å². The Morgan fingerprint density at radius 1 is 1.44 bits per heavy atom. The van der Waals surface area contributed by atoms with Gasteiger partial charge >= 0.3 is 0 Å².